The Labute approximate surface area is 116 Å². The molecule has 0 N–H and O–H groups in total. The van der Waals surface area contributed by atoms with E-state index in [0.717, 1.165) is 17.0 Å². The second kappa shape index (κ2) is 6.95. The molecule has 0 amide bonds. The van der Waals surface area contributed by atoms with Gasteiger partial charge in [0.15, 0.2) is 6.61 Å². The van der Waals surface area contributed by atoms with Gasteiger partial charge in [0, 0.05) is 0 Å². The lowest BCUT2D eigenvalue weighted by molar-refractivity contribution is 0.0925. The Balaban J connectivity index is 1.84. The summed E-state index contributed by atoms with van der Waals surface area (Å²) in [7, 11) is 0. The summed E-state index contributed by atoms with van der Waals surface area (Å²) in [5.74, 6) is 1.49. The van der Waals surface area contributed by atoms with Gasteiger partial charge in [-0.25, -0.2) is 0 Å². The molecule has 0 bridgehead atoms. The van der Waals surface area contributed by atoms with Gasteiger partial charge < -0.3 is 9.47 Å². The first-order chi connectivity index (χ1) is 9.29. The fraction of sp³-hybridized carbons (Fsp3) is 0.267. The second-order valence-corrected chi connectivity index (χ2v) is 4.96. The third-order valence-electron chi connectivity index (χ3n) is 2.46. The molecule has 0 saturated carbocycles. The lowest BCUT2D eigenvalue weighted by atomic mass is 10.3. The van der Waals surface area contributed by atoms with Gasteiger partial charge in [0.2, 0.25) is 5.78 Å². The lowest BCUT2D eigenvalue weighted by Gasteiger charge is -2.07. The molecule has 0 aliphatic carbocycles. The third-order valence-corrected chi connectivity index (χ3v) is 3.37. The molecule has 2 aromatic rings. The predicted octanol–water partition coefficient (Wildman–Crippen LogP) is 3.80. The molecular formula is C15H16O3S. The number of hydrogen-bond acceptors (Lipinski definition) is 4. The van der Waals surface area contributed by atoms with E-state index in [1.165, 1.54) is 11.3 Å². The summed E-state index contributed by atoms with van der Waals surface area (Å²) in [5, 5.41) is 1.88. The summed E-state index contributed by atoms with van der Waals surface area (Å²) >= 11 is 1.43. The van der Waals surface area contributed by atoms with Crippen LogP contribution >= 0.6 is 11.3 Å². The molecule has 1 heterocycles. The van der Waals surface area contributed by atoms with Crippen LogP contribution in [0.2, 0.25) is 0 Å². The van der Waals surface area contributed by atoms with Crippen LogP contribution in [0.15, 0.2) is 41.8 Å². The van der Waals surface area contributed by atoms with Crippen LogP contribution in [0.3, 0.4) is 0 Å². The van der Waals surface area contributed by atoms with E-state index in [0.29, 0.717) is 12.4 Å². The molecule has 0 aliphatic rings. The molecule has 3 nitrogen and oxygen atoms in total. The Morgan fingerprint density at radius 2 is 1.79 bits per heavy atom. The molecule has 100 valence electrons. The molecule has 0 atom stereocenters. The number of ketones is 1. The molecule has 0 saturated heterocycles. The van der Waals surface area contributed by atoms with Crippen LogP contribution in [0.4, 0.5) is 0 Å². The predicted molar refractivity (Wildman–Crippen MR) is 76.4 cm³/mol. The van der Waals surface area contributed by atoms with Gasteiger partial charge in [-0.2, -0.15) is 0 Å². The van der Waals surface area contributed by atoms with Gasteiger partial charge in [-0.1, -0.05) is 13.0 Å². The molecule has 0 unspecified atom stereocenters. The minimum atomic E-state index is 0.00121. The van der Waals surface area contributed by atoms with Crippen molar-refractivity contribution in [3.63, 3.8) is 0 Å². The number of rotatable bonds is 7. The van der Waals surface area contributed by atoms with Crippen LogP contribution in [-0.4, -0.2) is 19.0 Å². The Morgan fingerprint density at radius 3 is 2.37 bits per heavy atom. The molecule has 19 heavy (non-hydrogen) atoms. The molecule has 2 rings (SSSR count). The highest BCUT2D eigenvalue weighted by atomic mass is 32.1. The van der Waals surface area contributed by atoms with Crippen molar-refractivity contribution >= 4 is 17.1 Å². The zero-order valence-corrected chi connectivity index (χ0v) is 11.6. The molecule has 1 aromatic carbocycles. The maximum atomic E-state index is 11.7. The molecule has 4 heteroatoms. The summed E-state index contributed by atoms with van der Waals surface area (Å²) in [4.78, 5) is 12.5. The fourth-order valence-corrected chi connectivity index (χ4v) is 2.16. The smallest absolute Gasteiger partial charge is 0.210 e. The van der Waals surface area contributed by atoms with Crippen molar-refractivity contribution in [3.05, 3.63) is 46.7 Å². The monoisotopic (exact) mass is 276 g/mol. The van der Waals surface area contributed by atoms with Crippen molar-refractivity contribution in [2.45, 2.75) is 13.3 Å². The maximum absolute atomic E-state index is 11.7. The average molecular weight is 276 g/mol. The summed E-state index contributed by atoms with van der Waals surface area (Å²) in [6.45, 7) is 2.83. The highest BCUT2D eigenvalue weighted by molar-refractivity contribution is 7.12. The summed E-state index contributed by atoms with van der Waals surface area (Å²) in [6.07, 6.45) is 0.980. The van der Waals surface area contributed by atoms with Crippen molar-refractivity contribution < 1.29 is 14.3 Å². The van der Waals surface area contributed by atoms with E-state index < -0.39 is 0 Å². The standard InChI is InChI=1S/C15H16O3S/c1-2-9-17-12-5-7-13(8-6-12)18-11-14(16)15-4-3-10-19-15/h3-8,10H,2,9,11H2,1H3. The minimum Gasteiger partial charge on any atom is -0.494 e. The van der Waals surface area contributed by atoms with Crippen molar-refractivity contribution in [2.75, 3.05) is 13.2 Å². The Kier molecular flexibility index (Phi) is 4.98. The molecule has 0 fully saturated rings. The summed E-state index contributed by atoms with van der Waals surface area (Å²) in [5.41, 5.74) is 0. The van der Waals surface area contributed by atoms with Crippen LogP contribution < -0.4 is 9.47 Å². The quantitative estimate of drug-likeness (QED) is 0.722. The number of thiophene rings is 1. The fourth-order valence-electron chi connectivity index (χ4n) is 1.51. The largest absolute Gasteiger partial charge is 0.494 e. The van der Waals surface area contributed by atoms with Gasteiger partial charge in [0.1, 0.15) is 11.5 Å². The van der Waals surface area contributed by atoms with E-state index in [4.69, 9.17) is 9.47 Å². The first-order valence-electron chi connectivity index (χ1n) is 6.22. The molecule has 1 aromatic heterocycles. The summed E-state index contributed by atoms with van der Waals surface area (Å²) < 4.78 is 10.9. The van der Waals surface area contributed by atoms with Crippen molar-refractivity contribution in [3.8, 4) is 11.5 Å². The molecule has 0 spiro atoms. The topological polar surface area (TPSA) is 35.5 Å². The second-order valence-electron chi connectivity index (χ2n) is 4.01. The van der Waals surface area contributed by atoms with Gasteiger partial charge >= 0.3 is 0 Å². The number of carbonyl (C=O) groups is 1. The SMILES string of the molecule is CCCOc1ccc(OCC(=O)c2cccs2)cc1. The van der Waals surface area contributed by atoms with Crippen LogP contribution in [-0.2, 0) is 0 Å². The van der Waals surface area contributed by atoms with Gasteiger partial charge in [-0.05, 0) is 42.1 Å². The third kappa shape index (κ3) is 4.10. The average Bonchev–Trinajstić information content (AvgIpc) is 2.98. The Hall–Kier alpha value is -1.81. The van der Waals surface area contributed by atoms with Crippen LogP contribution in [0.5, 0.6) is 11.5 Å². The number of carbonyl (C=O) groups excluding carboxylic acids is 1. The van der Waals surface area contributed by atoms with E-state index in [-0.39, 0.29) is 12.4 Å². The van der Waals surface area contributed by atoms with Gasteiger partial charge in [-0.3, -0.25) is 4.79 Å². The van der Waals surface area contributed by atoms with E-state index >= 15 is 0 Å². The van der Waals surface area contributed by atoms with Crippen molar-refractivity contribution in [2.24, 2.45) is 0 Å². The zero-order chi connectivity index (χ0) is 13.5. The van der Waals surface area contributed by atoms with E-state index in [2.05, 4.69) is 6.92 Å². The van der Waals surface area contributed by atoms with Gasteiger partial charge in [-0.15, -0.1) is 11.3 Å². The van der Waals surface area contributed by atoms with Crippen LogP contribution in [0, 0.1) is 0 Å². The normalized spacial score (nSPS) is 10.2. The van der Waals surface area contributed by atoms with Gasteiger partial charge in [0.05, 0.1) is 11.5 Å². The molecular weight excluding hydrogens is 260 g/mol. The maximum Gasteiger partial charge on any atom is 0.210 e. The number of ether oxygens (including phenoxy) is 2. The first-order valence-corrected chi connectivity index (χ1v) is 7.10. The highest BCUT2D eigenvalue weighted by Crippen LogP contribution is 2.18. The number of hydrogen-bond donors (Lipinski definition) is 0. The highest BCUT2D eigenvalue weighted by Gasteiger charge is 2.07. The van der Waals surface area contributed by atoms with Crippen molar-refractivity contribution in [1.29, 1.82) is 0 Å². The van der Waals surface area contributed by atoms with E-state index in [1.54, 1.807) is 6.07 Å². The van der Waals surface area contributed by atoms with Crippen LogP contribution in [0.1, 0.15) is 23.0 Å². The van der Waals surface area contributed by atoms with Crippen LogP contribution in [0.25, 0.3) is 0 Å². The van der Waals surface area contributed by atoms with E-state index in [1.807, 2.05) is 35.7 Å². The molecule has 0 aliphatic heterocycles. The minimum absolute atomic E-state index is 0.00121. The summed E-state index contributed by atoms with van der Waals surface area (Å²) in [6, 6.07) is 11.0. The van der Waals surface area contributed by atoms with Crippen molar-refractivity contribution in [1.82, 2.24) is 0 Å². The van der Waals surface area contributed by atoms with E-state index in [9.17, 15) is 4.79 Å². The Bertz CT molecular complexity index is 503. The van der Waals surface area contributed by atoms with Gasteiger partial charge in [0.25, 0.3) is 0 Å². The first kappa shape index (κ1) is 13.6. The molecule has 0 radical (unpaired) electrons. The zero-order valence-electron chi connectivity index (χ0n) is 10.8. The lowest BCUT2D eigenvalue weighted by Crippen LogP contribution is -2.09. The Morgan fingerprint density at radius 1 is 1.11 bits per heavy atom. The number of benzene rings is 1. The number of Topliss-reactive ketones (excluding diaryl/α,β-unsaturated/α-hetero) is 1.